The Hall–Kier alpha value is -1.59. The summed E-state index contributed by atoms with van der Waals surface area (Å²) < 4.78 is 5.55. The highest BCUT2D eigenvalue weighted by atomic mass is 16.5. The molecule has 1 fully saturated rings. The van der Waals surface area contributed by atoms with Gasteiger partial charge in [0.2, 0.25) is 0 Å². The van der Waals surface area contributed by atoms with Gasteiger partial charge in [0, 0.05) is 18.8 Å². The molecule has 0 radical (unpaired) electrons. The molecule has 1 aromatic rings. The average molecular weight is 249 g/mol. The number of urea groups is 1. The van der Waals surface area contributed by atoms with E-state index >= 15 is 0 Å². The molecule has 0 bridgehead atoms. The molecule has 1 saturated heterocycles. The van der Waals surface area contributed by atoms with E-state index in [4.69, 9.17) is 10.5 Å². The number of benzene rings is 1. The molecule has 2 rings (SSSR count). The zero-order chi connectivity index (χ0) is 12.8. The van der Waals surface area contributed by atoms with Crippen LogP contribution in [0.1, 0.15) is 6.42 Å². The smallest absolute Gasteiger partial charge is 0.322 e. The van der Waals surface area contributed by atoms with E-state index in [1.807, 2.05) is 30.3 Å². The van der Waals surface area contributed by atoms with Gasteiger partial charge in [0.1, 0.15) is 0 Å². The predicted octanol–water partition coefficient (Wildman–Crippen LogP) is 1.27. The first-order chi connectivity index (χ1) is 8.79. The molecule has 0 aromatic heterocycles. The Labute approximate surface area is 107 Å². The standard InChI is InChI=1S/C13H19N3O2/c14-7-6-12-10-16(8-9-18-12)13(17)15-11-4-2-1-3-5-11/h1-5,12H,6-10,14H2,(H,15,17). The van der Waals surface area contributed by atoms with Gasteiger partial charge in [0.05, 0.1) is 12.7 Å². The number of nitrogens with one attached hydrogen (secondary N) is 1. The van der Waals surface area contributed by atoms with E-state index in [9.17, 15) is 4.79 Å². The molecule has 18 heavy (non-hydrogen) atoms. The van der Waals surface area contributed by atoms with E-state index in [2.05, 4.69) is 5.32 Å². The van der Waals surface area contributed by atoms with Crippen LogP contribution in [0.25, 0.3) is 0 Å². The van der Waals surface area contributed by atoms with Crippen molar-refractivity contribution in [1.29, 1.82) is 0 Å². The summed E-state index contributed by atoms with van der Waals surface area (Å²) in [5, 5.41) is 2.87. The summed E-state index contributed by atoms with van der Waals surface area (Å²) in [5.41, 5.74) is 6.31. The van der Waals surface area contributed by atoms with E-state index in [1.54, 1.807) is 4.90 Å². The summed E-state index contributed by atoms with van der Waals surface area (Å²) in [5.74, 6) is 0. The maximum absolute atomic E-state index is 12.0. The number of nitrogens with two attached hydrogens (primary N) is 1. The van der Waals surface area contributed by atoms with Gasteiger partial charge in [-0.1, -0.05) is 18.2 Å². The van der Waals surface area contributed by atoms with E-state index in [0.29, 0.717) is 26.2 Å². The summed E-state index contributed by atoms with van der Waals surface area (Å²) in [7, 11) is 0. The minimum atomic E-state index is -0.0773. The van der Waals surface area contributed by atoms with Gasteiger partial charge in [0.25, 0.3) is 0 Å². The van der Waals surface area contributed by atoms with Gasteiger partial charge < -0.3 is 20.7 Å². The molecule has 1 aromatic carbocycles. The first-order valence-corrected chi connectivity index (χ1v) is 6.22. The average Bonchev–Trinajstić information content (AvgIpc) is 2.40. The van der Waals surface area contributed by atoms with Crippen LogP contribution in [0, 0.1) is 0 Å². The maximum atomic E-state index is 12.0. The van der Waals surface area contributed by atoms with Crippen molar-refractivity contribution >= 4 is 11.7 Å². The summed E-state index contributed by atoms with van der Waals surface area (Å²) in [6.07, 6.45) is 0.847. The number of hydrogen-bond donors (Lipinski definition) is 2. The SMILES string of the molecule is NCCC1CN(C(=O)Nc2ccccc2)CCO1. The van der Waals surface area contributed by atoms with Gasteiger partial charge in [-0.3, -0.25) is 0 Å². The summed E-state index contributed by atoms with van der Waals surface area (Å²) in [6.45, 7) is 2.39. The normalized spacial score (nSPS) is 19.6. The lowest BCUT2D eigenvalue weighted by Gasteiger charge is -2.32. The highest BCUT2D eigenvalue weighted by Gasteiger charge is 2.23. The molecule has 1 unspecified atom stereocenters. The third-order valence-electron chi connectivity index (χ3n) is 2.94. The molecule has 1 aliphatic rings. The minimum absolute atomic E-state index is 0.0604. The van der Waals surface area contributed by atoms with Crippen molar-refractivity contribution in [2.24, 2.45) is 5.73 Å². The lowest BCUT2D eigenvalue weighted by Crippen LogP contribution is -2.47. The Balaban J connectivity index is 1.88. The molecule has 0 saturated carbocycles. The van der Waals surface area contributed by atoms with E-state index in [1.165, 1.54) is 0 Å². The number of hydrogen-bond acceptors (Lipinski definition) is 3. The number of carbonyl (C=O) groups excluding carboxylic acids is 1. The zero-order valence-corrected chi connectivity index (χ0v) is 10.3. The molecule has 0 aliphatic carbocycles. The van der Waals surface area contributed by atoms with Gasteiger partial charge in [-0.15, -0.1) is 0 Å². The van der Waals surface area contributed by atoms with Crippen LogP contribution in [-0.2, 0) is 4.74 Å². The highest BCUT2D eigenvalue weighted by molar-refractivity contribution is 5.89. The number of anilines is 1. The highest BCUT2D eigenvalue weighted by Crippen LogP contribution is 2.11. The van der Waals surface area contributed by atoms with Crippen LogP contribution in [0.2, 0.25) is 0 Å². The zero-order valence-electron chi connectivity index (χ0n) is 10.3. The number of carbonyl (C=O) groups is 1. The molecule has 2 amide bonds. The van der Waals surface area contributed by atoms with Gasteiger partial charge in [-0.2, -0.15) is 0 Å². The number of nitrogens with zero attached hydrogens (tertiary/aromatic N) is 1. The van der Waals surface area contributed by atoms with E-state index in [-0.39, 0.29) is 12.1 Å². The topological polar surface area (TPSA) is 67.6 Å². The fraction of sp³-hybridized carbons (Fsp3) is 0.462. The Morgan fingerprint density at radius 3 is 2.94 bits per heavy atom. The van der Waals surface area contributed by atoms with Gasteiger partial charge in [0.15, 0.2) is 0 Å². The molecule has 5 nitrogen and oxygen atoms in total. The Kier molecular flexibility index (Phi) is 4.55. The Bertz CT molecular complexity index is 381. The van der Waals surface area contributed by atoms with Crippen molar-refractivity contribution in [3.63, 3.8) is 0 Å². The Morgan fingerprint density at radius 2 is 2.22 bits per heavy atom. The number of rotatable bonds is 3. The summed E-state index contributed by atoms with van der Waals surface area (Å²) in [4.78, 5) is 13.8. The van der Waals surface area contributed by atoms with E-state index in [0.717, 1.165) is 12.1 Å². The first-order valence-electron chi connectivity index (χ1n) is 6.22. The fourth-order valence-electron chi connectivity index (χ4n) is 1.99. The van der Waals surface area contributed by atoms with Crippen molar-refractivity contribution in [2.45, 2.75) is 12.5 Å². The van der Waals surface area contributed by atoms with Crippen LogP contribution in [0.4, 0.5) is 10.5 Å². The molecule has 3 N–H and O–H groups in total. The summed E-state index contributed by atoms with van der Waals surface area (Å²) >= 11 is 0. The summed E-state index contributed by atoms with van der Waals surface area (Å²) in [6, 6.07) is 9.37. The second-order valence-corrected chi connectivity index (χ2v) is 4.31. The number of amides is 2. The maximum Gasteiger partial charge on any atom is 0.322 e. The quantitative estimate of drug-likeness (QED) is 0.847. The van der Waals surface area contributed by atoms with Crippen molar-refractivity contribution in [2.75, 3.05) is 31.6 Å². The third-order valence-corrected chi connectivity index (χ3v) is 2.94. The molecule has 0 spiro atoms. The Morgan fingerprint density at radius 1 is 1.44 bits per heavy atom. The molecule has 1 aliphatic heterocycles. The van der Waals surface area contributed by atoms with Gasteiger partial charge in [-0.25, -0.2) is 4.79 Å². The monoisotopic (exact) mass is 249 g/mol. The van der Waals surface area contributed by atoms with E-state index < -0.39 is 0 Å². The molecule has 1 atom stereocenters. The van der Waals surface area contributed by atoms with Crippen LogP contribution in [-0.4, -0.2) is 43.3 Å². The van der Waals surface area contributed by atoms with Crippen molar-refractivity contribution in [1.82, 2.24) is 4.90 Å². The van der Waals surface area contributed by atoms with Gasteiger partial charge >= 0.3 is 6.03 Å². The molecular formula is C13H19N3O2. The van der Waals surface area contributed by atoms with Crippen LogP contribution in [0.3, 0.4) is 0 Å². The van der Waals surface area contributed by atoms with Gasteiger partial charge in [-0.05, 0) is 25.1 Å². The second kappa shape index (κ2) is 6.37. The van der Waals surface area contributed by atoms with Crippen LogP contribution >= 0.6 is 0 Å². The molecule has 98 valence electrons. The van der Waals surface area contributed by atoms with Crippen molar-refractivity contribution in [3.05, 3.63) is 30.3 Å². The van der Waals surface area contributed by atoms with Crippen LogP contribution in [0.15, 0.2) is 30.3 Å². The molecular weight excluding hydrogens is 230 g/mol. The lowest BCUT2D eigenvalue weighted by molar-refractivity contribution is -0.0146. The third kappa shape index (κ3) is 3.45. The van der Waals surface area contributed by atoms with Crippen LogP contribution in [0.5, 0.6) is 0 Å². The van der Waals surface area contributed by atoms with Crippen LogP contribution < -0.4 is 11.1 Å². The number of morpholine rings is 1. The first kappa shape index (κ1) is 12.9. The lowest BCUT2D eigenvalue weighted by atomic mass is 10.2. The predicted molar refractivity (Wildman–Crippen MR) is 70.4 cm³/mol. The second-order valence-electron chi connectivity index (χ2n) is 4.31. The number of ether oxygens (including phenoxy) is 1. The van der Waals surface area contributed by atoms with Crippen molar-refractivity contribution in [3.8, 4) is 0 Å². The number of para-hydroxylation sites is 1. The molecule has 1 heterocycles. The molecule has 5 heteroatoms. The minimum Gasteiger partial charge on any atom is -0.374 e. The van der Waals surface area contributed by atoms with Crippen molar-refractivity contribution < 1.29 is 9.53 Å². The fourth-order valence-corrected chi connectivity index (χ4v) is 1.99. The largest absolute Gasteiger partial charge is 0.374 e.